The molecule has 0 amide bonds. The molecule has 0 unspecified atom stereocenters. The summed E-state index contributed by atoms with van der Waals surface area (Å²) in [7, 11) is 0. The molecule has 12 nitrogen and oxygen atoms in total. The molecule has 0 spiro atoms. The fourth-order valence-corrected chi connectivity index (χ4v) is 2.28. The van der Waals surface area contributed by atoms with Crippen molar-refractivity contribution in [2.75, 3.05) is 0 Å². The maximum absolute atomic E-state index is 10.8. The molecule has 0 radical (unpaired) electrons. The molecular weight excluding hydrogens is 507 g/mol. The second kappa shape index (κ2) is 26.0. The summed E-state index contributed by atoms with van der Waals surface area (Å²) in [4.78, 5) is 93.4. The first-order valence-corrected chi connectivity index (χ1v) is 11.5. The molecule has 0 aliphatic carbocycles. The van der Waals surface area contributed by atoms with Crippen molar-refractivity contribution >= 4 is 70.0 Å². The van der Waals surface area contributed by atoms with Gasteiger partial charge >= 0.3 is 17.4 Å². The topological polar surface area (TPSA) is 223 Å². The molecular formula is C24H33AlO12. The normalized spacial score (nSPS) is 9.16. The number of carboxylic acid groups (broad SMARTS) is 3. The summed E-state index contributed by atoms with van der Waals surface area (Å²) in [6.07, 6.45) is 2.71. The van der Waals surface area contributed by atoms with Gasteiger partial charge in [0.25, 0.3) is 0 Å². The molecule has 37 heavy (non-hydrogen) atoms. The van der Waals surface area contributed by atoms with Crippen molar-refractivity contribution in [2.24, 2.45) is 0 Å². The molecule has 0 atom stereocenters. The van der Waals surface area contributed by atoms with E-state index < -0.39 is 35.3 Å². The maximum atomic E-state index is 10.8. The first kappa shape index (κ1) is 41.1. The van der Waals surface area contributed by atoms with Gasteiger partial charge in [0.15, 0.2) is 17.3 Å². The van der Waals surface area contributed by atoms with Gasteiger partial charge in [-0.1, -0.05) is 20.8 Å². The van der Waals surface area contributed by atoms with Gasteiger partial charge in [0.05, 0.1) is 0 Å². The minimum Gasteiger partial charge on any atom is -0.542 e. The van der Waals surface area contributed by atoms with E-state index in [1.807, 2.05) is 20.8 Å². The second-order valence-corrected chi connectivity index (χ2v) is 7.50. The fourth-order valence-electron chi connectivity index (χ4n) is 2.28. The molecule has 0 heterocycles. The van der Waals surface area contributed by atoms with Gasteiger partial charge in [0, 0.05) is 57.8 Å². The van der Waals surface area contributed by atoms with Gasteiger partial charge in [-0.05, 0) is 19.3 Å². The van der Waals surface area contributed by atoms with Crippen molar-refractivity contribution < 1.29 is 58.5 Å². The molecule has 0 aromatic carbocycles. The van der Waals surface area contributed by atoms with Gasteiger partial charge < -0.3 is 29.7 Å². The van der Waals surface area contributed by atoms with E-state index in [-0.39, 0.29) is 73.2 Å². The van der Waals surface area contributed by atoms with Crippen LogP contribution in [0, 0.1) is 0 Å². The number of rotatable bonds is 18. The average Bonchev–Trinajstić information content (AvgIpc) is 2.80. The molecule has 0 saturated carbocycles. The van der Waals surface area contributed by atoms with Crippen molar-refractivity contribution in [3.05, 3.63) is 0 Å². The number of Topliss-reactive ketones (excluding diaryl/α,β-unsaturated/α-hetero) is 6. The summed E-state index contributed by atoms with van der Waals surface area (Å²) in [5.41, 5.74) is 0. The molecule has 0 fully saturated rings. The Morgan fingerprint density at radius 3 is 0.703 bits per heavy atom. The second-order valence-electron chi connectivity index (χ2n) is 7.50. The molecule has 13 heteroatoms. The summed E-state index contributed by atoms with van der Waals surface area (Å²) in [5, 5.41) is 29.7. The number of aliphatic carboxylic acids is 3. The molecule has 0 aliphatic rings. The quantitative estimate of drug-likeness (QED) is 0.136. The van der Waals surface area contributed by atoms with Crippen LogP contribution < -0.4 is 15.3 Å². The predicted octanol–water partition coefficient (Wildman–Crippen LogP) is -2.02. The van der Waals surface area contributed by atoms with Crippen LogP contribution in [0.4, 0.5) is 0 Å². The third-order valence-corrected chi connectivity index (χ3v) is 4.16. The van der Waals surface area contributed by atoms with E-state index in [0.29, 0.717) is 19.3 Å². The van der Waals surface area contributed by atoms with Crippen LogP contribution in [0.25, 0.3) is 0 Å². The molecule has 0 saturated heterocycles. The number of hydrogen-bond donors (Lipinski definition) is 0. The van der Waals surface area contributed by atoms with Crippen LogP contribution in [0.15, 0.2) is 0 Å². The van der Waals surface area contributed by atoms with Crippen LogP contribution >= 0.6 is 0 Å². The summed E-state index contributed by atoms with van der Waals surface area (Å²) >= 11 is 0. The van der Waals surface area contributed by atoms with E-state index in [9.17, 15) is 58.5 Å². The number of carboxylic acids is 3. The predicted molar refractivity (Wildman–Crippen MR) is 123 cm³/mol. The number of carbonyl (C=O) groups is 9. The Balaban J connectivity index is -0.000000218. The molecule has 0 rings (SSSR count). The summed E-state index contributed by atoms with van der Waals surface area (Å²) in [5.74, 6) is -8.36. The largest absolute Gasteiger partial charge is 3.00 e. The molecule has 0 aromatic heterocycles. The molecule has 0 aliphatic heterocycles. The number of hydrogen-bond acceptors (Lipinski definition) is 12. The Labute approximate surface area is 226 Å². The molecule has 0 N–H and O–H groups in total. The smallest absolute Gasteiger partial charge is 0.542 e. The monoisotopic (exact) mass is 540 g/mol. The van der Waals surface area contributed by atoms with Crippen LogP contribution in [-0.4, -0.2) is 70.0 Å². The number of ketones is 6. The van der Waals surface area contributed by atoms with E-state index in [1.54, 1.807) is 0 Å². The van der Waals surface area contributed by atoms with Crippen molar-refractivity contribution in [3.63, 3.8) is 0 Å². The minimum absolute atomic E-state index is 0. The SMILES string of the molecule is CCCC(=O)CCC(=O)C(=O)[O-].CCCC(=O)CCC(=O)C(=O)[O-].CCCC(=O)CCC(=O)C(=O)[O-].[Al+3]. The third kappa shape index (κ3) is 29.1. The Morgan fingerprint density at radius 1 is 0.378 bits per heavy atom. The van der Waals surface area contributed by atoms with E-state index in [0.717, 1.165) is 19.3 Å². The van der Waals surface area contributed by atoms with Gasteiger partial charge in [-0.2, -0.15) is 0 Å². The summed E-state index contributed by atoms with van der Waals surface area (Å²) in [6, 6.07) is 0. The first-order valence-electron chi connectivity index (χ1n) is 11.5. The van der Waals surface area contributed by atoms with Crippen LogP contribution in [0.3, 0.4) is 0 Å². The molecule has 0 bridgehead atoms. The van der Waals surface area contributed by atoms with Crippen LogP contribution in [0.5, 0.6) is 0 Å². The minimum atomic E-state index is -1.71. The maximum Gasteiger partial charge on any atom is 3.00 e. The molecule has 204 valence electrons. The van der Waals surface area contributed by atoms with Crippen molar-refractivity contribution in [3.8, 4) is 0 Å². The average molecular weight is 540 g/mol. The third-order valence-electron chi connectivity index (χ3n) is 4.16. The van der Waals surface area contributed by atoms with E-state index in [4.69, 9.17) is 0 Å². The molecule has 0 aromatic rings. The summed E-state index contributed by atoms with van der Waals surface area (Å²) < 4.78 is 0. The van der Waals surface area contributed by atoms with E-state index in [2.05, 4.69) is 0 Å². The van der Waals surface area contributed by atoms with Gasteiger partial charge in [0.1, 0.15) is 35.3 Å². The van der Waals surface area contributed by atoms with Crippen molar-refractivity contribution in [1.82, 2.24) is 0 Å². The van der Waals surface area contributed by atoms with Crippen LogP contribution in [-0.2, 0) is 43.2 Å². The zero-order valence-electron chi connectivity index (χ0n) is 21.5. The van der Waals surface area contributed by atoms with E-state index in [1.165, 1.54) is 0 Å². The van der Waals surface area contributed by atoms with Crippen LogP contribution in [0.1, 0.15) is 97.8 Å². The van der Waals surface area contributed by atoms with Gasteiger partial charge in [-0.15, -0.1) is 0 Å². The van der Waals surface area contributed by atoms with Crippen molar-refractivity contribution in [2.45, 2.75) is 97.8 Å². The van der Waals surface area contributed by atoms with Gasteiger partial charge in [0.2, 0.25) is 0 Å². The first-order chi connectivity index (χ1) is 16.7. The van der Waals surface area contributed by atoms with E-state index >= 15 is 0 Å². The Bertz CT molecular complexity index is 697. The standard InChI is InChI=1S/3C8H12O4.Al/c3*1-2-3-6(9)4-5-7(10)8(11)12;/h3*2-5H2,1H3,(H,11,12);/q;;;+3/p-3. The summed E-state index contributed by atoms with van der Waals surface area (Å²) in [6.45, 7) is 5.54. The number of carbonyl (C=O) groups excluding carboxylic acids is 9. The van der Waals surface area contributed by atoms with Crippen LogP contribution in [0.2, 0.25) is 0 Å². The zero-order chi connectivity index (χ0) is 28.7. The van der Waals surface area contributed by atoms with Gasteiger partial charge in [-0.3, -0.25) is 28.8 Å². The Morgan fingerprint density at radius 2 is 0.568 bits per heavy atom. The Hall–Kier alpha value is -3.04. The van der Waals surface area contributed by atoms with Gasteiger partial charge in [-0.25, -0.2) is 0 Å². The zero-order valence-corrected chi connectivity index (χ0v) is 22.6. The Kier molecular flexibility index (Phi) is 28.9. The fraction of sp³-hybridized carbons (Fsp3) is 0.625. The van der Waals surface area contributed by atoms with Crippen molar-refractivity contribution in [1.29, 1.82) is 0 Å².